The van der Waals surface area contributed by atoms with Gasteiger partial charge in [0, 0.05) is 18.7 Å². The zero-order chi connectivity index (χ0) is 12.7. The predicted octanol–water partition coefficient (Wildman–Crippen LogP) is 0.977. The first kappa shape index (κ1) is 14.9. The maximum absolute atomic E-state index is 9.06. The summed E-state index contributed by atoms with van der Waals surface area (Å²) in [5.41, 5.74) is 5.46. The number of nitrogens with two attached hydrogens (primary N) is 1. The van der Waals surface area contributed by atoms with Gasteiger partial charge in [0.15, 0.2) is 0 Å². The molecule has 2 unspecified atom stereocenters. The third kappa shape index (κ3) is 6.36. The Bertz CT molecular complexity index is 204. The second-order valence-corrected chi connectivity index (χ2v) is 5.67. The summed E-state index contributed by atoms with van der Waals surface area (Å²) in [6.45, 7) is 4.91. The third-order valence-corrected chi connectivity index (χ3v) is 3.44. The Morgan fingerprint density at radius 1 is 1.47 bits per heavy atom. The van der Waals surface area contributed by atoms with Crippen LogP contribution in [-0.4, -0.2) is 55.0 Å². The van der Waals surface area contributed by atoms with Crippen LogP contribution in [0.4, 0.5) is 0 Å². The molecule has 1 saturated heterocycles. The molecule has 0 aromatic rings. The molecule has 3 N–H and O–H groups in total. The average Bonchev–Trinajstić information content (AvgIpc) is 2.30. The maximum Gasteiger partial charge on any atom is 0.0701 e. The first-order valence-corrected chi connectivity index (χ1v) is 6.73. The highest BCUT2D eigenvalue weighted by molar-refractivity contribution is 4.77. The van der Waals surface area contributed by atoms with Gasteiger partial charge in [-0.1, -0.05) is 0 Å². The summed E-state index contributed by atoms with van der Waals surface area (Å²) in [5, 5.41) is 9.06. The van der Waals surface area contributed by atoms with Crippen molar-refractivity contribution in [3.05, 3.63) is 0 Å². The highest BCUT2D eigenvalue weighted by Gasteiger charge is 2.18. The van der Waals surface area contributed by atoms with E-state index in [9.17, 15) is 0 Å². The molecule has 0 aliphatic carbocycles. The van der Waals surface area contributed by atoms with Gasteiger partial charge in [-0.2, -0.15) is 0 Å². The van der Waals surface area contributed by atoms with Crippen LogP contribution in [0.1, 0.15) is 39.0 Å². The van der Waals surface area contributed by atoms with E-state index in [-0.39, 0.29) is 6.61 Å². The Morgan fingerprint density at radius 2 is 2.24 bits per heavy atom. The van der Waals surface area contributed by atoms with Crippen molar-refractivity contribution in [1.29, 1.82) is 0 Å². The molecule has 102 valence electrons. The van der Waals surface area contributed by atoms with E-state index in [2.05, 4.69) is 11.9 Å². The van der Waals surface area contributed by atoms with Crippen molar-refractivity contribution in [3.8, 4) is 0 Å². The molecule has 1 fully saturated rings. The van der Waals surface area contributed by atoms with Crippen LogP contribution >= 0.6 is 0 Å². The number of rotatable bonds is 7. The molecule has 4 nitrogen and oxygen atoms in total. The number of aliphatic hydroxyl groups is 1. The molecule has 1 heterocycles. The van der Waals surface area contributed by atoms with Crippen LogP contribution in [0.3, 0.4) is 0 Å². The Morgan fingerprint density at radius 3 is 2.82 bits per heavy atom. The molecule has 0 amide bonds. The summed E-state index contributed by atoms with van der Waals surface area (Å²) in [5.74, 6) is 0. The Kier molecular flexibility index (Phi) is 6.41. The minimum atomic E-state index is -0.428. The fourth-order valence-electron chi connectivity index (χ4n) is 2.22. The number of hydrogen-bond donors (Lipinski definition) is 2. The van der Waals surface area contributed by atoms with Crippen molar-refractivity contribution in [1.82, 2.24) is 4.90 Å². The molecule has 0 bridgehead atoms. The summed E-state index contributed by atoms with van der Waals surface area (Å²) >= 11 is 0. The lowest BCUT2D eigenvalue weighted by Crippen LogP contribution is -2.41. The average molecular weight is 244 g/mol. The second kappa shape index (κ2) is 7.31. The van der Waals surface area contributed by atoms with Crippen molar-refractivity contribution in [2.24, 2.45) is 5.73 Å². The van der Waals surface area contributed by atoms with E-state index in [4.69, 9.17) is 15.6 Å². The fraction of sp³-hybridized carbons (Fsp3) is 1.00. The van der Waals surface area contributed by atoms with Crippen LogP contribution in [-0.2, 0) is 4.74 Å². The molecule has 17 heavy (non-hydrogen) atoms. The summed E-state index contributed by atoms with van der Waals surface area (Å²) < 4.78 is 5.71. The van der Waals surface area contributed by atoms with Crippen molar-refractivity contribution in [2.45, 2.75) is 50.7 Å². The van der Waals surface area contributed by atoms with Gasteiger partial charge in [0.25, 0.3) is 0 Å². The van der Waals surface area contributed by atoms with Crippen LogP contribution in [0.5, 0.6) is 0 Å². The van der Waals surface area contributed by atoms with E-state index < -0.39 is 5.54 Å². The van der Waals surface area contributed by atoms with Gasteiger partial charge in [-0.25, -0.2) is 0 Å². The lowest BCUT2D eigenvalue weighted by molar-refractivity contribution is -0.00184. The van der Waals surface area contributed by atoms with E-state index in [1.807, 2.05) is 6.92 Å². The first-order chi connectivity index (χ1) is 8.03. The van der Waals surface area contributed by atoms with Crippen molar-refractivity contribution in [3.63, 3.8) is 0 Å². The van der Waals surface area contributed by atoms with Crippen LogP contribution in [0.25, 0.3) is 0 Å². The monoisotopic (exact) mass is 244 g/mol. The van der Waals surface area contributed by atoms with Crippen molar-refractivity contribution >= 4 is 0 Å². The summed E-state index contributed by atoms with van der Waals surface area (Å²) in [6.07, 6.45) is 5.99. The SMILES string of the molecule is CN(CCCC(C)(N)CO)CC1CCCCO1. The molecule has 4 heteroatoms. The molecule has 0 aromatic carbocycles. The molecule has 0 saturated carbocycles. The van der Waals surface area contributed by atoms with Crippen LogP contribution < -0.4 is 5.73 Å². The number of likely N-dealkylation sites (N-methyl/N-ethyl adjacent to an activating group) is 1. The normalized spacial score (nSPS) is 24.9. The van der Waals surface area contributed by atoms with Crippen molar-refractivity contribution < 1.29 is 9.84 Å². The smallest absolute Gasteiger partial charge is 0.0701 e. The van der Waals surface area contributed by atoms with E-state index in [1.165, 1.54) is 19.3 Å². The zero-order valence-electron chi connectivity index (χ0n) is 11.3. The molecule has 0 spiro atoms. The molecule has 1 aliphatic heterocycles. The van der Waals surface area contributed by atoms with E-state index in [0.717, 1.165) is 32.5 Å². The third-order valence-electron chi connectivity index (χ3n) is 3.44. The summed E-state index contributed by atoms with van der Waals surface area (Å²) in [4.78, 5) is 2.31. The number of aliphatic hydroxyl groups excluding tert-OH is 1. The van der Waals surface area contributed by atoms with Gasteiger partial charge in [-0.05, 0) is 52.6 Å². The summed E-state index contributed by atoms with van der Waals surface area (Å²) in [6, 6.07) is 0. The van der Waals surface area contributed by atoms with Crippen LogP contribution in [0, 0.1) is 0 Å². The minimum Gasteiger partial charge on any atom is -0.394 e. The number of ether oxygens (including phenoxy) is 1. The molecular formula is C13H28N2O2. The van der Waals surface area contributed by atoms with Crippen molar-refractivity contribution in [2.75, 3.05) is 33.4 Å². The Balaban J connectivity index is 2.10. The standard InChI is InChI=1S/C13H28N2O2/c1-13(14,11-16)7-5-8-15(2)10-12-6-3-4-9-17-12/h12,16H,3-11,14H2,1-2H3. The highest BCUT2D eigenvalue weighted by atomic mass is 16.5. The van der Waals surface area contributed by atoms with Gasteiger partial charge < -0.3 is 20.5 Å². The number of nitrogens with zero attached hydrogens (tertiary/aromatic N) is 1. The highest BCUT2D eigenvalue weighted by Crippen LogP contribution is 2.14. The van der Waals surface area contributed by atoms with Gasteiger partial charge in [0.2, 0.25) is 0 Å². The largest absolute Gasteiger partial charge is 0.394 e. The van der Waals surface area contributed by atoms with E-state index in [1.54, 1.807) is 0 Å². The lowest BCUT2D eigenvalue weighted by atomic mass is 9.98. The molecule has 0 radical (unpaired) electrons. The summed E-state index contributed by atoms with van der Waals surface area (Å²) in [7, 11) is 2.13. The van der Waals surface area contributed by atoms with Crippen LogP contribution in [0.2, 0.25) is 0 Å². The Hall–Kier alpha value is -0.160. The topological polar surface area (TPSA) is 58.7 Å². The first-order valence-electron chi connectivity index (χ1n) is 6.73. The van der Waals surface area contributed by atoms with Gasteiger partial charge in [0.1, 0.15) is 0 Å². The quantitative estimate of drug-likeness (QED) is 0.701. The minimum absolute atomic E-state index is 0.0580. The molecule has 1 aliphatic rings. The van der Waals surface area contributed by atoms with E-state index >= 15 is 0 Å². The predicted molar refractivity (Wildman–Crippen MR) is 70.0 cm³/mol. The zero-order valence-corrected chi connectivity index (χ0v) is 11.3. The Labute approximate surface area is 105 Å². The van der Waals surface area contributed by atoms with E-state index in [0.29, 0.717) is 6.10 Å². The molecular weight excluding hydrogens is 216 g/mol. The maximum atomic E-state index is 9.06. The second-order valence-electron chi connectivity index (χ2n) is 5.67. The van der Waals surface area contributed by atoms with Gasteiger partial charge in [-0.3, -0.25) is 0 Å². The van der Waals surface area contributed by atoms with Crippen LogP contribution in [0.15, 0.2) is 0 Å². The van der Waals surface area contributed by atoms with Gasteiger partial charge in [-0.15, -0.1) is 0 Å². The lowest BCUT2D eigenvalue weighted by Gasteiger charge is -2.28. The van der Waals surface area contributed by atoms with Gasteiger partial charge >= 0.3 is 0 Å². The molecule has 0 aromatic heterocycles. The van der Waals surface area contributed by atoms with Gasteiger partial charge in [0.05, 0.1) is 12.7 Å². The number of hydrogen-bond acceptors (Lipinski definition) is 4. The molecule has 2 atom stereocenters. The molecule has 1 rings (SSSR count). The fourth-order valence-corrected chi connectivity index (χ4v) is 2.22.